The van der Waals surface area contributed by atoms with E-state index in [-0.39, 0.29) is 24.3 Å². The third kappa shape index (κ3) is 7.98. The van der Waals surface area contributed by atoms with Gasteiger partial charge in [-0.25, -0.2) is 0 Å². The van der Waals surface area contributed by atoms with Gasteiger partial charge < -0.3 is 30.1 Å². The molecule has 2 heterocycles. The molecular weight excluding hydrogens is 462 g/mol. The van der Waals surface area contributed by atoms with E-state index >= 15 is 0 Å². The van der Waals surface area contributed by atoms with Crippen molar-refractivity contribution in [3.8, 4) is 11.5 Å². The summed E-state index contributed by atoms with van der Waals surface area (Å²) in [5.74, 6) is -0.587. The number of piperidine rings is 2. The molecule has 3 N–H and O–H groups in total. The minimum atomic E-state index is -0.945. The van der Waals surface area contributed by atoms with Gasteiger partial charge in [-0.1, -0.05) is 12.1 Å². The lowest BCUT2D eigenvalue weighted by Crippen LogP contribution is -2.46. The number of benzene rings is 1. The summed E-state index contributed by atoms with van der Waals surface area (Å²) in [6.45, 7) is 3.01. The molecule has 2 atom stereocenters. The Kier molecular flexibility index (Phi) is 10.6. The van der Waals surface area contributed by atoms with Crippen LogP contribution in [0.3, 0.4) is 0 Å². The lowest BCUT2D eigenvalue weighted by atomic mass is 9.95. The first-order chi connectivity index (χ1) is 17.4. The Bertz CT molecular complexity index is 928. The van der Waals surface area contributed by atoms with Gasteiger partial charge in [0, 0.05) is 19.6 Å². The van der Waals surface area contributed by atoms with E-state index in [1.54, 1.807) is 31.3 Å². The Hall–Kier alpha value is -3.07. The van der Waals surface area contributed by atoms with Gasteiger partial charge >= 0.3 is 5.97 Å². The molecule has 0 unspecified atom stereocenters. The molecule has 198 valence electrons. The van der Waals surface area contributed by atoms with Crippen molar-refractivity contribution in [1.29, 1.82) is 0 Å². The number of aryl methyl sites for hydroxylation is 1. The number of methoxy groups -OCH3 is 2. The number of hydrogen-bond acceptors (Lipinski definition) is 6. The SMILES string of the molecule is COc1ccc(CC[C@H](CNC(=O)[C@@H]2CCCN(C(=O)/C=C/C3CCNCC3)C2)C(=O)O)cc1OC. The molecule has 1 aromatic carbocycles. The predicted octanol–water partition coefficient (Wildman–Crippen LogP) is 2.25. The van der Waals surface area contributed by atoms with E-state index < -0.39 is 11.9 Å². The molecule has 0 aliphatic carbocycles. The molecule has 9 heteroatoms. The van der Waals surface area contributed by atoms with Crippen LogP contribution in [0, 0.1) is 17.8 Å². The van der Waals surface area contributed by atoms with Crippen molar-refractivity contribution in [2.75, 3.05) is 46.9 Å². The maximum atomic E-state index is 12.8. The molecule has 9 nitrogen and oxygen atoms in total. The highest BCUT2D eigenvalue weighted by molar-refractivity contribution is 5.88. The number of nitrogens with zero attached hydrogens (tertiary/aromatic N) is 1. The Morgan fingerprint density at radius 1 is 1.17 bits per heavy atom. The van der Waals surface area contributed by atoms with Crippen LogP contribution in [0.4, 0.5) is 0 Å². The van der Waals surface area contributed by atoms with E-state index in [0.29, 0.717) is 49.8 Å². The first-order valence-electron chi connectivity index (χ1n) is 12.8. The fourth-order valence-corrected chi connectivity index (χ4v) is 4.81. The number of carboxylic acids is 1. The molecule has 0 bridgehead atoms. The van der Waals surface area contributed by atoms with Gasteiger partial charge in [0.05, 0.1) is 26.1 Å². The summed E-state index contributed by atoms with van der Waals surface area (Å²) in [6, 6.07) is 5.51. The third-order valence-corrected chi connectivity index (χ3v) is 7.10. The zero-order valence-corrected chi connectivity index (χ0v) is 21.3. The Morgan fingerprint density at radius 3 is 2.61 bits per heavy atom. The number of rotatable bonds is 11. The van der Waals surface area contributed by atoms with Crippen LogP contribution in [0.25, 0.3) is 0 Å². The fraction of sp³-hybridized carbons (Fsp3) is 0.593. The van der Waals surface area contributed by atoms with Crippen molar-refractivity contribution in [2.24, 2.45) is 17.8 Å². The summed E-state index contributed by atoms with van der Waals surface area (Å²) >= 11 is 0. The molecule has 2 aliphatic heterocycles. The molecular formula is C27H39N3O6. The van der Waals surface area contributed by atoms with Crippen LogP contribution < -0.4 is 20.1 Å². The zero-order valence-electron chi connectivity index (χ0n) is 21.3. The van der Waals surface area contributed by atoms with Crippen LogP contribution in [0.15, 0.2) is 30.4 Å². The Morgan fingerprint density at radius 2 is 1.92 bits per heavy atom. The standard InChI is InChI=1S/C27H39N3O6/c1-35-23-9-6-20(16-24(23)36-2)5-8-21(27(33)34)17-29-26(32)22-4-3-15-30(18-22)25(31)10-7-19-11-13-28-14-12-19/h6-7,9-10,16,19,21-22,28H,3-5,8,11-15,17-18H2,1-2H3,(H,29,32)(H,33,34)/b10-7+/t21-,22-/m1/s1. The van der Waals surface area contributed by atoms with Crippen LogP contribution in [0.2, 0.25) is 0 Å². The number of nitrogens with one attached hydrogen (secondary N) is 2. The number of likely N-dealkylation sites (tertiary alicyclic amines) is 1. The molecule has 0 spiro atoms. The molecule has 0 radical (unpaired) electrons. The Balaban J connectivity index is 1.48. The smallest absolute Gasteiger partial charge is 0.308 e. The summed E-state index contributed by atoms with van der Waals surface area (Å²) in [5.41, 5.74) is 0.934. The van der Waals surface area contributed by atoms with Gasteiger partial charge in [0.2, 0.25) is 11.8 Å². The molecule has 36 heavy (non-hydrogen) atoms. The van der Waals surface area contributed by atoms with Gasteiger partial charge in [-0.15, -0.1) is 0 Å². The van der Waals surface area contributed by atoms with Crippen molar-refractivity contribution in [3.63, 3.8) is 0 Å². The Labute approximate surface area is 213 Å². The van der Waals surface area contributed by atoms with Gasteiger partial charge in [0.1, 0.15) is 0 Å². The van der Waals surface area contributed by atoms with E-state index in [1.165, 1.54) is 0 Å². The highest BCUT2D eigenvalue weighted by atomic mass is 16.5. The summed E-state index contributed by atoms with van der Waals surface area (Å²) in [5, 5.41) is 15.8. The van der Waals surface area contributed by atoms with E-state index in [4.69, 9.17) is 9.47 Å². The molecule has 2 fully saturated rings. The topological polar surface area (TPSA) is 117 Å². The highest BCUT2D eigenvalue weighted by Gasteiger charge is 2.29. The molecule has 2 saturated heterocycles. The largest absolute Gasteiger partial charge is 0.493 e. The number of carboxylic acid groups (broad SMARTS) is 1. The summed E-state index contributed by atoms with van der Waals surface area (Å²) in [4.78, 5) is 39.0. The van der Waals surface area contributed by atoms with Crippen molar-refractivity contribution in [2.45, 2.75) is 38.5 Å². The maximum absolute atomic E-state index is 12.8. The number of ether oxygens (including phenoxy) is 2. The molecule has 2 amide bonds. The highest BCUT2D eigenvalue weighted by Crippen LogP contribution is 2.28. The number of hydrogen-bond donors (Lipinski definition) is 3. The van der Waals surface area contributed by atoms with E-state index in [2.05, 4.69) is 10.6 Å². The van der Waals surface area contributed by atoms with E-state index in [9.17, 15) is 19.5 Å². The minimum absolute atomic E-state index is 0.0515. The predicted molar refractivity (Wildman–Crippen MR) is 136 cm³/mol. The first-order valence-corrected chi connectivity index (χ1v) is 12.8. The van der Waals surface area contributed by atoms with Gasteiger partial charge in [-0.2, -0.15) is 0 Å². The number of aliphatic carboxylic acids is 1. The summed E-state index contributed by atoms with van der Waals surface area (Å²) in [7, 11) is 3.12. The number of carbonyl (C=O) groups excluding carboxylic acids is 2. The average molecular weight is 502 g/mol. The lowest BCUT2D eigenvalue weighted by molar-refractivity contribution is -0.142. The van der Waals surface area contributed by atoms with Crippen molar-refractivity contribution in [3.05, 3.63) is 35.9 Å². The van der Waals surface area contributed by atoms with Gasteiger partial charge in [0.25, 0.3) is 0 Å². The lowest BCUT2D eigenvalue weighted by Gasteiger charge is -2.31. The van der Waals surface area contributed by atoms with Crippen LogP contribution >= 0.6 is 0 Å². The second-order valence-corrected chi connectivity index (χ2v) is 9.58. The van der Waals surface area contributed by atoms with Crippen molar-refractivity contribution < 1.29 is 29.0 Å². The van der Waals surface area contributed by atoms with Gasteiger partial charge in [0.15, 0.2) is 11.5 Å². The zero-order chi connectivity index (χ0) is 25.9. The van der Waals surface area contributed by atoms with Crippen LogP contribution in [0.5, 0.6) is 11.5 Å². The van der Waals surface area contributed by atoms with Gasteiger partial charge in [-0.05, 0) is 81.3 Å². The molecule has 0 saturated carbocycles. The normalized spacial score (nSPS) is 19.6. The van der Waals surface area contributed by atoms with E-state index in [0.717, 1.165) is 37.9 Å². The second kappa shape index (κ2) is 13.9. The first kappa shape index (κ1) is 27.5. The van der Waals surface area contributed by atoms with Gasteiger partial charge in [-0.3, -0.25) is 14.4 Å². The minimum Gasteiger partial charge on any atom is -0.493 e. The molecule has 3 rings (SSSR count). The number of allylic oxidation sites excluding steroid dienone is 1. The van der Waals surface area contributed by atoms with Crippen LogP contribution in [-0.2, 0) is 20.8 Å². The maximum Gasteiger partial charge on any atom is 0.308 e. The third-order valence-electron chi connectivity index (χ3n) is 7.10. The van der Waals surface area contributed by atoms with Crippen molar-refractivity contribution in [1.82, 2.24) is 15.5 Å². The molecule has 1 aromatic rings. The number of carbonyl (C=O) groups is 3. The summed E-state index contributed by atoms with van der Waals surface area (Å²) in [6.07, 6.45) is 8.08. The molecule has 0 aromatic heterocycles. The second-order valence-electron chi connectivity index (χ2n) is 9.58. The molecule has 2 aliphatic rings. The van der Waals surface area contributed by atoms with Crippen LogP contribution in [0.1, 0.15) is 37.7 Å². The summed E-state index contributed by atoms with van der Waals surface area (Å²) < 4.78 is 10.6. The monoisotopic (exact) mass is 501 g/mol. The van der Waals surface area contributed by atoms with Crippen molar-refractivity contribution >= 4 is 17.8 Å². The number of amides is 2. The fourth-order valence-electron chi connectivity index (χ4n) is 4.81. The quantitative estimate of drug-likeness (QED) is 0.398. The average Bonchev–Trinajstić information content (AvgIpc) is 2.91. The van der Waals surface area contributed by atoms with Crippen LogP contribution in [-0.4, -0.2) is 74.7 Å². The van der Waals surface area contributed by atoms with E-state index in [1.807, 2.05) is 18.2 Å².